The highest BCUT2D eigenvalue weighted by atomic mass is 35.5. The van der Waals surface area contributed by atoms with Crippen LogP contribution in [0.2, 0.25) is 5.15 Å². The maximum absolute atomic E-state index is 5.77. The van der Waals surface area contributed by atoms with Crippen LogP contribution in [0.4, 0.5) is 5.82 Å². The molecule has 1 unspecified atom stereocenters. The molecule has 0 amide bonds. The highest BCUT2D eigenvalue weighted by Gasteiger charge is 2.38. The summed E-state index contributed by atoms with van der Waals surface area (Å²) in [5.41, 5.74) is 0.372. The quantitative estimate of drug-likeness (QED) is 0.765. The normalized spacial score (nSPS) is 24.1. The number of aromatic nitrogens is 2. The van der Waals surface area contributed by atoms with Crippen molar-refractivity contribution in [3.05, 3.63) is 17.5 Å². The number of anilines is 1. The number of hydrogen-bond acceptors (Lipinski definition) is 3. The smallest absolute Gasteiger partial charge is 0.134 e. The lowest BCUT2D eigenvalue weighted by atomic mass is 9.67. The van der Waals surface area contributed by atoms with E-state index in [0.717, 1.165) is 5.82 Å². The van der Waals surface area contributed by atoms with Crippen molar-refractivity contribution >= 4 is 17.4 Å². The maximum Gasteiger partial charge on any atom is 0.134 e. The Hall–Kier alpha value is -0.830. The fourth-order valence-electron chi connectivity index (χ4n) is 1.72. The zero-order chi connectivity index (χ0) is 10.2. The van der Waals surface area contributed by atoms with Crippen molar-refractivity contribution in [2.75, 3.05) is 5.32 Å². The van der Waals surface area contributed by atoms with Gasteiger partial charge in [-0.15, -0.1) is 0 Å². The lowest BCUT2D eigenvalue weighted by Gasteiger charge is -2.45. The molecule has 0 bridgehead atoms. The molecule has 0 saturated heterocycles. The molecule has 1 heterocycles. The van der Waals surface area contributed by atoms with Crippen molar-refractivity contribution in [2.45, 2.75) is 32.7 Å². The second kappa shape index (κ2) is 3.39. The molecular formula is C10H14ClN3. The second-order valence-corrected chi connectivity index (χ2v) is 4.84. The Morgan fingerprint density at radius 2 is 2.29 bits per heavy atom. The van der Waals surface area contributed by atoms with Crippen LogP contribution in [0.5, 0.6) is 0 Å². The van der Waals surface area contributed by atoms with Crippen LogP contribution >= 0.6 is 11.6 Å². The van der Waals surface area contributed by atoms with Gasteiger partial charge in [-0.2, -0.15) is 0 Å². The lowest BCUT2D eigenvalue weighted by molar-refractivity contribution is 0.159. The summed E-state index contributed by atoms with van der Waals surface area (Å²) in [5.74, 6) is 0.822. The zero-order valence-corrected chi connectivity index (χ0v) is 9.17. The average molecular weight is 212 g/mol. The van der Waals surface area contributed by atoms with Crippen LogP contribution in [0.3, 0.4) is 0 Å². The van der Waals surface area contributed by atoms with Gasteiger partial charge in [0, 0.05) is 12.1 Å². The Labute approximate surface area is 88.9 Å². The maximum atomic E-state index is 5.77. The molecule has 1 fully saturated rings. The van der Waals surface area contributed by atoms with Gasteiger partial charge in [-0.05, 0) is 18.3 Å². The summed E-state index contributed by atoms with van der Waals surface area (Å²) in [6.07, 6.45) is 3.95. The van der Waals surface area contributed by atoms with Crippen molar-refractivity contribution in [3.63, 3.8) is 0 Å². The van der Waals surface area contributed by atoms with Crippen molar-refractivity contribution in [1.29, 1.82) is 0 Å². The first kappa shape index (κ1) is 9.71. The van der Waals surface area contributed by atoms with E-state index in [0.29, 0.717) is 16.6 Å². The zero-order valence-electron chi connectivity index (χ0n) is 8.42. The number of nitrogens with zero attached hydrogens (tertiary/aromatic N) is 2. The summed E-state index contributed by atoms with van der Waals surface area (Å²) in [5, 5.41) is 3.86. The minimum Gasteiger partial charge on any atom is -0.367 e. The van der Waals surface area contributed by atoms with E-state index in [1.165, 1.54) is 19.2 Å². The minimum absolute atomic E-state index is 0.372. The van der Waals surface area contributed by atoms with Crippen molar-refractivity contribution in [2.24, 2.45) is 5.41 Å². The summed E-state index contributed by atoms with van der Waals surface area (Å²) in [7, 11) is 0. The van der Waals surface area contributed by atoms with Gasteiger partial charge in [-0.25, -0.2) is 9.97 Å². The Balaban J connectivity index is 2.05. The predicted octanol–water partition coefficient (Wildman–Crippen LogP) is 2.73. The number of rotatable bonds is 2. The van der Waals surface area contributed by atoms with Crippen LogP contribution in [0.15, 0.2) is 12.4 Å². The van der Waals surface area contributed by atoms with E-state index in [2.05, 4.69) is 29.1 Å². The molecule has 0 aliphatic heterocycles. The highest BCUT2D eigenvalue weighted by Crippen LogP contribution is 2.41. The lowest BCUT2D eigenvalue weighted by Crippen LogP contribution is -2.45. The Kier molecular flexibility index (Phi) is 2.35. The third-order valence-corrected chi connectivity index (χ3v) is 3.18. The van der Waals surface area contributed by atoms with Gasteiger partial charge in [0.1, 0.15) is 17.3 Å². The molecule has 14 heavy (non-hydrogen) atoms. The van der Waals surface area contributed by atoms with Gasteiger partial charge in [-0.3, -0.25) is 0 Å². The monoisotopic (exact) mass is 211 g/mol. The van der Waals surface area contributed by atoms with Crippen LogP contribution in [-0.4, -0.2) is 16.0 Å². The Morgan fingerprint density at radius 3 is 2.79 bits per heavy atom. The number of nitrogens with one attached hydrogen (secondary N) is 1. The molecule has 76 valence electrons. The largest absolute Gasteiger partial charge is 0.367 e. The van der Waals surface area contributed by atoms with Gasteiger partial charge in [0.15, 0.2) is 0 Å². The number of halogens is 1. The molecule has 2 rings (SSSR count). The second-order valence-electron chi connectivity index (χ2n) is 4.45. The molecule has 1 saturated carbocycles. The van der Waals surface area contributed by atoms with Crippen LogP contribution in [-0.2, 0) is 0 Å². The van der Waals surface area contributed by atoms with E-state index in [4.69, 9.17) is 11.6 Å². The predicted molar refractivity (Wildman–Crippen MR) is 57.5 cm³/mol. The summed E-state index contributed by atoms with van der Waals surface area (Å²) >= 11 is 5.77. The molecule has 1 aromatic rings. The fraction of sp³-hybridized carbons (Fsp3) is 0.600. The first-order valence-corrected chi connectivity index (χ1v) is 5.20. The van der Waals surface area contributed by atoms with Crippen molar-refractivity contribution in [1.82, 2.24) is 9.97 Å². The average Bonchev–Trinajstić information content (AvgIpc) is 2.13. The third-order valence-electron chi connectivity index (χ3n) is 2.98. The highest BCUT2D eigenvalue weighted by molar-refractivity contribution is 6.29. The van der Waals surface area contributed by atoms with E-state index in [1.807, 2.05) is 0 Å². The standard InChI is InChI=1S/C10H14ClN3/c1-10(2)4-3-7(10)14-9-5-8(11)12-6-13-9/h5-7H,3-4H2,1-2H3,(H,12,13,14). The van der Waals surface area contributed by atoms with Crippen molar-refractivity contribution < 1.29 is 0 Å². The first-order valence-electron chi connectivity index (χ1n) is 4.82. The number of hydrogen-bond donors (Lipinski definition) is 1. The minimum atomic E-state index is 0.372. The molecule has 0 radical (unpaired) electrons. The van der Waals surface area contributed by atoms with Gasteiger partial charge in [0.2, 0.25) is 0 Å². The summed E-state index contributed by atoms with van der Waals surface area (Å²) in [4.78, 5) is 7.96. The molecular weight excluding hydrogens is 198 g/mol. The topological polar surface area (TPSA) is 37.8 Å². The first-order chi connectivity index (χ1) is 6.58. The molecule has 0 aromatic carbocycles. The van der Waals surface area contributed by atoms with E-state index < -0.39 is 0 Å². The molecule has 1 atom stereocenters. The molecule has 0 spiro atoms. The van der Waals surface area contributed by atoms with Crippen LogP contribution < -0.4 is 5.32 Å². The van der Waals surface area contributed by atoms with Gasteiger partial charge < -0.3 is 5.32 Å². The molecule has 1 aromatic heterocycles. The van der Waals surface area contributed by atoms with Crippen molar-refractivity contribution in [3.8, 4) is 0 Å². The summed E-state index contributed by atoms with van der Waals surface area (Å²) < 4.78 is 0. The van der Waals surface area contributed by atoms with E-state index >= 15 is 0 Å². The fourth-order valence-corrected chi connectivity index (χ4v) is 1.87. The Morgan fingerprint density at radius 1 is 1.50 bits per heavy atom. The van der Waals surface area contributed by atoms with E-state index in [9.17, 15) is 0 Å². The van der Waals surface area contributed by atoms with Gasteiger partial charge in [-0.1, -0.05) is 25.4 Å². The SMILES string of the molecule is CC1(C)CCC1Nc1cc(Cl)ncn1. The molecule has 3 nitrogen and oxygen atoms in total. The molecule has 1 aliphatic carbocycles. The summed E-state index contributed by atoms with van der Waals surface area (Å²) in [6, 6.07) is 2.27. The molecule has 1 aliphatic rings. The summed E-state index contributed by atoms with van der Waals surface area (Å²) in [6.45, 7) is 4.52. The molecule has 1 N–H and O–H groups in total. The van der Waals surface area contributed by atoms with E-state index in [-0.39, 0.29) is 0 Å². The molecule has 4 heteroatoms. The van der Waals surface area contributed by atoms with E-state index in [1.54, 1.807) is 6.07 Å². The third kappa shape index (κ3) is 1.82. The Bertz CT molecular complexity index is 338. The van der Waals surface area contributed by atoms with Crippen LogP contribution in [0.25, 0.3) is 0 Å². The van der Waals surface area contributed by atoms with Gasteiger partial charge in [0.05, 0.1) is 0 Å². The van der Waals surface area contributed by atoms with Crippen LogP contribution in [0, 0.1) is 5.41 Å². The van der Waals surface area contributed by atoms with Gasteiger partial charge >= 0.3 is 0 Å². The van der Waals surface area contributed by atoms with Gasteiger partial charge in [0.25, 0.3) is 0 Å². The van der Waals surface area contributed by atoms with Crippen LogP contribution in [0.1, 0.15) is 26.7 Å².